The molecule has 2 unspecified atom stereocenters. The lowest BCUT2D eigenvalue weighted by atomic mass is 10.1. The smallest absolute Gasteiger partial charge is 0.328 e. The Morgan fingerprint density at radius 2 is 2.05 bits per heavy atom. The molecule has 106 valence electrons. The van der Waals surface area contributed by atoms with Crippen LogP contribution in [-0.4, -0.2) is 36.4 Å². The van der Waals surface area contributed by atoms with Crippen molar-refractivity contribution in [2.45, 2.75) is 25.0 Å². The second kappa shape index (κ2) is 5.46. The number of aliphatic carboxylic acids is 1. The highest BCUT2D eigenvalue weighted by atomic mass is 35.5. The normalized spacial score (nSPS) is 25.4. The maximum Gasteiger partial charge on any atom is 0.328 e. The number of rotatable bonds is 3. The van der Waals surface area contributed by atoms with Crippen molar-refractivity contribution in [2.24, 2.45) is 0 Å². The van der Waals surface area contributed by atoms with E-state index in [-0.39, 0.29) is 0 Å². The highest BCUT2D eigenvalue weighted by Crippen LogP contribution is 2.31. The van der Waals surface area contributed by atoms with Gasteiger partial charge in [0.1, 0.15) is 0 Å². The molecule has 0 saturated carbocycles. The number of hydrogen-bond donors (Lipinski definition) is 1. The molecule has 2 saturated heterocycles. The van der Waals surface area contributed by atoms with Gasteiger partial charge in [-0.3, -0.25) is 0 Å². The van der Waals surface area contributed by atoms with Crippen molar-refractivity contribution in [1.82, 2.24) is 0 Å². The standard InChI is InChI=1S/C15H16ClNO3/c16-14-7-11(3-1-10(14)2-6-15(18)19)17-8-12-4-5-13(9-17)20-12/h1-3,6-7,12-13H,4-5,8-9H2,(H,18,19)/b6-2+. The van der Waals surface area contributed by atoms with Crippen molar-refractivity contribution in [1.29, 1.82) is 0 Å². The van der Waals surface area contributed by atoms with Crippen LogP contribution in [0.15, 0.2) is 24.3 Å². The fourth-order valence-electron chi connectivity index (χ4n) is 2.83. The molecule has 2 aliphatic heterocycles. The first kappa shape index (κ1) is 13.5. The summed E-state index contributed by atoms with van der Waals surface area (Å²) in [5.41, 5.74) is 1.79. The highest BCUT2D eigenvalue weighted by Gasteiger charge is 2.33. The van der Waals surface area contributed by atoms with Gasteiger partial charge in [0.25, 0.3) is 0 Å². The second-order valence-corrected chi connectivity index (χ2v) is 5.65. The van der Waals surface area contributed by atoms with Gasteiger partial charge in [0.05, 0.1) is 12.2 Å². The molecular weight excluding hydrogens is 278 g/mol. The molecule has 2 heterocycles. The molecule has 2 fully saturated rings. The van der Waals surface area contributed by atoms with Gasteiger partial charge in [0.15, 0.2) is 0 Å². The van der Waals surface area contributed by atoms with Gasteiger partial charge in [0, 0.05) is 29.9 Å². The van der Waals surface area contributed by atoms with Crippen LogP contribution in [0.3, 0.4) is 0 Å². The Bertz CT molecular complexity index is 546. The van der Waals surface area contributed by atoms with Gasteiger partial charge in [-0.1, -0.05) is 17.7 Å². The molecule has 1 aromatic rings. The number of carboxylic acids is 1. The van der Waals surface area contributed by atoms with E-state index in [1.165, 1.54) is 6.08 Å². The maximum absolute atomic E-state index is 10.5. The molecule has 2 atom stereocenters. The average molecular weight is 294 g/mol. The van der Waals surface area contributed by atoms with Crippen molar-refractivity contribution in [3.63, 3.8) is 0 Å². The third kappa shape index (κ3) is 2.81. The molecule has 1 N–H and O–H groups in total. The Balaban J connectivity index is 1.78. The first-order valence-electron chi connectivity index (χ1n) is 6.73. The maximum atomic E-state index is 10.5. The Labute approximate surface area is 122 Å². The zero-order valence-corrected chi connectivity index (χ0v) is 11.7. The van der Waals surface area contributed by atoms with Gasteiger partial charge in [-0.15, -0.1) is 0 Å². The summed E-state index contributed by atoms with van der Waals surface area (Å²) in [7, 11) is 0. The first-order valence-corrected chi connectivity index (χ1v) is 7.10. The lowest BCUT2D eigenvalue weighted by Gasteiger charge is -2.34. The lowest BCUT2D eigenvalue weighted by molar-refractivity contribution is -0.131. The summed E-state index contributed by atoms with van der Waals surface area (Å²) in [5, 5.41) is 9.21. The number of hydrogen-bond acceptors (Lipinski definition) is 3. The monoisotopic (exact) mass is 293 g/mol. The second-order valence-electron chi connectivity index (χ2n) is 5.24. The van der Waals surface area contributed by atoms with Crippen molar-refractivity contribution < 1.29 is 14.6 Å². The van der Waals surface area contributed by atoms with Crippen molar-refractivity contribution in [3.8, 4) is 0 Å². The minimum Gasteiger partial charge on any atom is -0.478 e. The number of carboxylic acid groups (broad SMARTS) is 1. The predicted molar refractivity (Wildman–Crippen MR) is 78.2 cm³/mol. The van der Waals surface area contributed by atoms with Gasteiger partial charge < -0.3 is 14.7 Å². The average Bonchev–Trinajstić information content (AvgIpc) is 2.76. The first-order chi connectivity index (χ1) is 9.61. The summed E-state index contributed by atoms with van der Waals surface area (Å²) in [6, 6.07) is 5.74. The highest BCUT2D eigenvalue weighted by molar-refractivity contribution is 6.32. The predicted octanol–water partition coefficient (Wildman–Crippen LogP) is 2.81. The topological polar surface area (TPSA) is 49.8 Å². The number of carbonyl (C=O) groups is 1. The summed E-state index contributed by atoms with van der Waals surface area (Å²) < 4.78 is 5.82. The van der Waals surface area contributed by atoms with Crippen molar-refractivity contribution in [3.05, 3.63) is 34.9 Å². The van der Waals surface area contributed by atoms with E-state index in [0.29, 0.717) is 22.8 Å². The fraction of sp³-hybridized carbons (Fsp3) is 0.400. The number of anilines is 1. The van der Waals surface area contributed by atoms with E-state index in [1.807, 2.05) is 18.2 Å². The van der Waals surface area contributed by atoms with Gasteiger partial charge in [-0.05, 0) is 36.6 Å². The van der Waals surface area contributed by atoms with Crippen LogP contribution in [-0.2, 0) is 9.53 Å². The molecule has 0 amide bonds. The molecule has 5 heteroatoms. The molecule has 0 spiro atoms. The largest absolute Gasteiger partial charge is 0.478 e. The molecule has 2 bridgehead atoms. The molecule has 2 aliphatic rings. The summed E-state index contributed by atoms with van der Waals surface area (Å²) in [6.07, 6.45) is 5.54. The van der Waals surface area contributed by atoms with Gasteiger partial charge in [0.2, 0.25) is 0 Å². The van der Waals surface area contributed by atoms with Gasteiger partial charge >= 0.3 is 5.97 Å². The molecule has 1 aromatic carbocycles. The van der Waals surface area contributed by atoms with Crippen LogP contribution >= 0.6 is 11.6 Å². The van der Waals surface area contributed by atoms with E-state index in [4.69, 9.17) is 21.4 Å². The van der Waals surface area contributed by atoms with E-state index >= 15 is 0 Å². The number of halogens is 1. The van der Waals surface area contributed by atoms with E-state index in [9.17, 15) is 4.79 Å². The molecule has 3 rings (SSSR count). The minimum atomic E-state index is -0.977. The minimum absolute atomic E-state index is 0.333. The van der Waals surface area contributed by atoms with Gasteiger partial charge in [-0.25, -0.2) is 4.79 Å². The molecule has 0 radical (unpaired) electrons. The lowest BCUT2D eigenvalue weighted by Crippen LogP contribution is -2.42. The number of benzene rings is 1. The Morgan fingerprint density at radius 3 is 2.65 bits per heavy atom. The van der Waals surface area contributed by atoms with Crippen molar-refractivity contribution in [2.75, 3.05) is 18.0 Å². The SMILES string of the molecule is O=C(O)/C=C/c1ccc(N2CC3CCC(C2)O3)cc1Cl. The van der Waals surface area contributed by atoms with E-state index in [0.717, 1.165) is 37.7 Å². The fourth-order valence-corrected chi connectivity index (χ4v) is 3.07. The Kier molecular flexibility index (Phi) is 3.68. The van der Waals surface area contributed by atoms with Crippen LogP contribution in [0, 0.1) is 0 Å². The molecule has 0 aliphatic carbocycles. The van der Waals surface area contributed by atoms with Gasteiger partial charge in [-0.2, -0.15) is 0 Å². The zero-order chi connectivity index (χ0) is 14.1. The number of morpholine rings is 1. The van der Waals surface area contributed by atoms with E-state index < -0.39 is 5.97 Å². The number of fused-ring (bicyclic) bond motifs is 2. The third-order valence-electron chi connectivity index (χ3n) is 3.80. The Hall–Kier alpha value is -1.52. The summed E-state index contributed by atoms with van der Waals surface area (Å²) in [6.45, 7) is 1.80. The molecule has 4 nitrogen and oxygen atoms in total. The molecule has 0 aromatic heterocycles. The molecule has 20 heavy (non-hydrogen) atoms. The van der Waals surface area contributed by atoms with E-state index in [2.05, 4.69) is 4.90 Å². The number of nitrogens with zero attached hydrogens (tertiary/aromatic N) is 1. The van der Waals surface area contributed by atoms with Crippen LogP contribution in [0.5, 0.6) is 0 Å². The quantitative estimate of drug-likeness (QED) is 0.871. The van der Waals surface area contributed by atoms with Crippen LogP contribution < -0.4 is 4.90 Å². The summed E-state index contributed by atoms with van der Waals surface area (Å²) >= 11 is 6.22. The molecular formula is C15H16ClNO3. The van der Waals surface area contributed by atoms with Crippen LogP contribution in [0.25, 0.3) is 6.08 Å². The summed E-state index contributed by atoms with van der Waals surface area (Å²) in [5.74, 6) is -0.977. The zero-order valence-electron chi connectivity index (χ0n) is 11.0. The van der Waals surface area contributed by atoms with Crippen LogP contribution in [0.1, 0.15) is 18.4 Å². The van der Waals surface area contributed by atoms with Crippen LogP contribution in [0.4, 0.5) is 5.69 Å². The van der Waals surface area contributed by atoms with Crippen LogP contribution in [0.2, 0.25) is 5.02 Å². The number of ether oxygens (including phenoxy) is 1. The third-order valence-corrected chi connectivity index (χ3v) is 4.13. The van der Waals surface area contributed by atoms with E-state index in [1.54, 1.807) is 0 Å². The Morgan fingerprint density at radius 1 is 1.35 bits per heavy atom. The van der Waals surface area contributed by atoms with Crippen molar-refractivity contribution >= 4 is 29.3 Å². The summed E-state index contributed by atoms with van der Waals surface area (Å²) in [4.78, 5) is 12.8.